The van der Waals surface area contributed by atoms with Crippen molar-refractivity contribution < 1.29 is 13.5 Å². The number of hydrogen-bond acceptors (Lipinski definition) is 2. The van der Waals surface area contributed by atoms with E-state index >= 15 is 0 Å². The van der Waals surface area contributed by atoms with E-state index in [1.807, 2.05) is 0 Å². The third-order valence-electron chi connectivity index (χ3n) is 2.64. The number of halogens is 2. The highest BCUT2D eigenvalue weighted by Gasteiger charge is 2.05. The van der Waals surface area contributed by atoms with Crippen LogP contribution in [-0.4, -0.2) is 0 Å². The molecule has 0 aliphatic rings. The molecule has 0 amide bonds. The van der Waals surface area contributed by atoms with Crippen molar-refractivity contribution in [1.29, 1.82) is 0 Å². The molecule has 2 rings (SSSR count). The summed E-state index contributed by atoms with van der Waals surface area (Å²) in [5.74, 6) is -0.669. The molecule has 0 saturated heterocycles. The molecule has 2 aromatic rings. The molecule has 18 heavy (non-hydrogen) atoms. The van der Waals surface area contributed by atoms with E-state index in [1.165, 1.54) is 24.3 Å². The molecule has 2 aromatic carbocycles. The summed E-state index contributed by atoms with van der Waals surface area (Å²) in [6, 6.07) is 8.63. The molecule has 2 nitrogen and oxygen atoms in total. The summed E-state index contributed by atoms with van der Waals surface area (Å²) in [4.78, 5) is 0. The number of nitrogens with two attached hydrogens (primary N) is 1. The van der Waals surface area contributed by atoms with Gasteiger partial charge in [0.1, 0.15) is 12.4 Å². The molecule has 0 spiro atoms. The van der Waals surface area contributed by atoms with Crippen molar-refractivity contribution in [3.63, 3.8) is 0 Å². The zero-order valence-electron chi connectivity index (χ0n) is 9.91. The zero-order chi connectivity index (χ0) is 13.1. The second kappa shape index (κ2) is 5.04. The summed E-state index contributed by atoms with van der Waals surface area (Å²) in [7, 11) is 0. The number of hydrogen-bond donors (Lipinski definition) is 1. The summed E-state index contributed by atoms with van der Waals surface area (Å²) in [5, 5.41) is 0. The summed E-state index contributed by atoms with van der Waals surface area (Å²) in [6.07, 6.45) is 0. The van der Waals surface area contributed by atoms with Crippen LogP contribution in [-0.2, 0) is 6.61 Å². The van der Waals surface area contributed by atoms with Gasteiger partial charge >= 0.3 is 0 Å². The number of rotatable bonds is 3. The molecular weight excluding hydrogens is 236 g/mol. The topological polar surface area (TPSA) is 35.2 Å². The first-order chi connectivity index (χ1) is 8.56. The van der Waals surface area contributed by atoms with Crippen molar-refractivity contribution in [3.05, 3.63) is 59.2 Å². The zero-order valence-corrected chi connectivity index (χ0v) is 9.91. The van der Waals surface area contributed by atoms with Crippen LogP contribution in [0.5, 0.6) is 5.75 Å². The smallest absolute Gasteiger partial charge is 0.167 e. The minimum atomic E-state index is -0.505. The minimum Gasteiger partial charge on any atom is -0.486 e. The second-order valence-electron chi connectivity index (χ2n) is 4.05. The molecule has 0 unspecified atom stereocenters. The fourth-order valence-corrected chi connectivity index (χ4v) is 1.61. The van der Waals surface area contributed by atoms with E-state index in [-0.39, 0.29) is 18.2 Å². The van der Waals surface area contributed by atoms with Gasteiger partial charge in [-0.3, -0.25) is 0 Å². The highest BCUT2D eigenvalue weighted by atomic mass is 19.1. The number of anilines is 1. The van der Waals surface area contributed by atoms with Gasteiger partial charge in [-0.25, -0.2) is 8.78 Å². The molecule has 0 aromatic heterocycles. The Balaban J connectivity index is 2.11. The van der Waals surface area contributed by atoms with E-state index < -0.39 is 5.82 Å². The van der Waals surface area contributed by atoms with Gasteiger partial charge in [-0.15, -0.1) is 0 Å². The Bertz CT molecular complexity index is 518. The number of benzene rings is 2. The van der Waals surface area contributed by atoms with Crippen LogP contribution in [0.1, 0.15) is 11.1 Å². The molecule has 94 valence electrons. The van der Waals surface area contributed by atoms with Gasteiger partial charge in [0.25, 0.3) is 0 Å². The van der Waals surface area contributed by atoms with Gasteiger partial charge in [0.05, 0.1) is 0 Å². The van der Waals surface area contributed by atoms with Crippen LogP contribution < -0.4 is 10.5 Å². The van der Waals surface area contributed by atoms with E-state index in [4.69, 9.17) is 10.5 Å². The quantitative estimate of drug-likeness (QED) is 0.846. The van der Waals surface area contributed by atoms with E-state index in [2.05, 4.69) is 0 Å². The van der Waals surface area contributed by atoms with Crippen molar-refractivity contribution in [2.24, 2.45) is 0 Å². The number of aryl methyl sites for hydroxylation is 1. The molecule has 2 N–H and O–H groups in total. The lowest BCUT2D eigenvalue weighted by atomic mass is 10.1. The van der Waals surface area contributed by atoms with Gasteiger partial charge in [0.2, 0.25) is 0 Å². The Kier molecular flexibility index (Phi) is 3.46. The predicted octanol–water partition coefficient (Wildman–Crippen LogP) is 3.43. The van der Waals surface area contributed by atoms with Gasteiger partial charge in [0.15, 0.2) is 11.6 Å². The summed E-state index contributed by atoms with van der Waals surface area (Å²) in [5.41, 5.74) is 7.37. The molecule has 0 aliphatic carbocycles. The molecule has 0 heterocycles. The first-order valence-electron chi connectivity index (χ1n) is 5.49. The Labute approximate surface area is 104 Å². The molecule has 0 radical (unpaired) electrons. The Morgan fingerprint density at radius 1 is 1.11 bits per heavy atom. The van der Waals surface area contributed by atoms with E-state index in [9.17, 15) is 8.78 Å². The first-order valence-corrected chi connectivity index (χ1v) is 5.49. The van der Waals surface area contributed by atoms with Crippen LogP contribution in [0.25, 0.3) is 0 Å². The van der Waals surface area contributed by atoms with Crippen molar-refractivity contribution in [2.45, 2.75) is 13.5 Å². The highest BCUT2D eigenvalue weighted by Crippen LogP contribution is 2.21. The summed E-state index contributed by atoms with van der Waals surface area (Å²) >= 11 is 0. The SMILES string of the molecule is Cc1cc(F)ccc1COc1ccc(N)cc1F. The summed E-state index contributed by atoms with van der Waals surface area (Å²) < 4.78 is 31.7. The van der Waals surface area contributed by atoms with Crippen LogP contribution in [0, 0.1) is 18.6 Å². The Morgan fingerprint density at radius 3 is 2.56 bits per heavy atom. The van der Waals surface area contributed by atoms with Crippen LogP contribution >= 0.6 is 0 Å². The van der Waals surface area contributed by atoms with Gasteiger partial charge in [0, 0.05) is 11.8 Å². The van der Waals surface area contributed by atoms with Gasteiger partial charge in [-0.2, -0.15) is 0 Å². The first kappa shape index (κ1) is 12.4. The lowest BCUT2D eigenvalue weighted by Gasteiger charge is -2.09. The Hall–Kier alpha value is -2.10. The monoisotopic (exact) mass is 249 g/mol. The third kappa shape index (κ3) is 2.77. The fraction of sp³-hybridized carbons (Fsp3) is 0.143. The minimum absolute atomic E-state index is 0.132. The van der Waals surface area contributed by atoms with Crippen LogP contribution in [0.15, 0.2) is 36.4 Å². The van der Waals surface area contributed by atoms with E-state index in [0.29, 0.717) is 5.69 Å². The van der Waals surface area contributed by atoms with E-state index in [0.717, 1.165) is 11.1 Å². The fourth-order valence-electron chi connectivity index (χ4n) is 1.61. The second-order valence-corrected chi connectivity index (χ2v) is 4.05. The van der Waals surface area contributed by atoms with Gasteiger partial charge in [-0.1, -0.05) is 6.07 Å². The molecule has 0 bridgehead atoms. The molecule has 0 fully saturated rings. The number of nitrogen functional groups attached to an aromatic ring is 1. The number of ether oxygens (including phenoxy) is 1. The van der Waals surface area contributed by atoms with Gasteiger partial charge < -0.3 is 10.5 Å². The lowest BCUT2D eigenvalue weighted by Crippen LogP contribution is -2.00. The Morgan fingerprint density at radius 2 is 1.89 bits per heavy atom. The predicted molar refractivity (Wildman–Crippen MR) is 66.3 cm³/mol. The summed E-state index contributed by atoms with van der Waals surface area (Å²) in [6.45, 7) is 1.97. The average Bonchev–Trinajstić information content (AvgIpc) is 2.30. The lowest BCUT2D eigenvalue weighted by molar-refractivity contribution is 0.289. The third-order valence-corrected chi connectivity index (χ3v) is 2.64. The molecule has 0 saturated carbocycles. The largest absolute Gasteiger partial charge is 0.486 e. The highest BCUT2D eigenvalue weighted by molar-refractivity contribution is 5.43. The van der Waals surface area contributed by atoms with Crippen LogP contribution in [0.3, 0.4) is 0 Å². The normalized spacial score (nSPS) is 10.4. The maximum atomic E-state index is 13.5. The van der Waals surface area contributed by atoms with E-state index in [1.54, 1.807) is 19.1 Å². The van der Waals surface area contributed by atoms with Crippen molar-refractivity contribution in [1.82, 2.24) is 0 Å². The maximum Gasteiger partial charge on any atom is 0.167 e. The average molecular weight is 249 g/mol. The molecular formula is C14H13F2NO. The molecule has 0 atom stereocenters. The maximum absolute atomic E-state index is 13.5. The standard InChI is InChI=1S/C14H13F2NO/c1-9-6-11(15)3-2-10(9)8-18-14-5-4-12(17)7-13(14)16/h2-7H,8,17H2,1H3. The van der Waals surface area contributed by atoms with Crippen molar-refractivity contribution >= 4 is 5.69 Å². The molecule has 4 heteroatoms. The van der Waals surface area contributed by atoms with Crippen molar-refractivity contribution in [3.8, 4) is 5.75 Å². The van der Waals surface area contributed by atoms with Crippen molar-refractivity contribution in [2.75, 3.05) is 5.73 Å². The van der Waals surface area contributed by atoms with Gasteiger partial charge in [-0.05, 0) is 42.3 Å². The molecule has 0 aliphatic heterocycles. The van der Waals surface area contributed by atoms with Crippen LogP contribution in [0.4, 0.5) is 14.5 Å². The van der Waals surface area contributed by atoms with Crippen LogP contribution in [0.2, 0.25) is 0 Å².